The van der Waals surface area contributed by atoms with Crippen LogP contribution >= 0.6 is 0 Å². The third kappa shape index (κ3) is 3.70. The Morgan fingerprint density at radius 1 is 1.04 bits per heavy atom. The summed E-state index contributed by atoms with van der Waals surface area (Å²) in [5.41, 5.74) is 3.12. The molecule has 4 nitrogen and oxygen atoms in total. The first-order valence-corrected chi connectivity index (χ1v) is 8.21. The van der Waals surface area contributed by atoms with Crippen LogP contribution in [0.3, 0.4) is 0 Å². The number of amides is 1. The molecule has 0 saturated heterocycles. The van der Waals surface area contributed by atoms with Crippen molar-refractivity contribution < 1.29 is 14.3 Å². The highest BCUT2D eigenvalue weighted by Crippen LogP contribution is 2.32. The van der Waals surface area contributed by atoms with Crippen molar-refractivity contribution in [1.82, 2.24) is 5.32 Å². The Balaban J connectivity index is 1.54. The lowest BCUT2D eigenvalue weighted by molar-refractivity contribution is 0.0954. The van der Waals surface area contributed by atoms with E-state index < -0.39 is 0 Å². The van der Waals surface area contributed by atoms with Crippen molar-refractivity contribution in [3.8, 4) is 11.5 Å². The molecule has 1 heterocycles. The highest BCUT2D eigenvalue weighted by Gasteiger charge is 2.15. The second-order valence-corrected chi connectivity index (χ2v) is 7.02. The zero-order chi connectivity index (χ0) is 17.2. The molecule has 0 fully saturated rings. The van der Waals surface area contributed by atoms with Gasteiger partial charge in [-0.05, 0) is 47.2 Å². The highest BCUT2D eigenvalue weighted by atomic mass is 16.7. The minimum atomic E-state index is -0.0452. The maximum absolute atomic E-state index is 12.2. The Labute approximate surface area is 142 Å². The number of fused-ring (bicyclic) bond motifs is 1. The van der Waals surface area contributed by atoms with E-state index in [-0.39, 0.29) is 18.1 Å². The molecule has 24 heavy (non-hydrogen) atoms. The molecule has 0 atom stereocenters. The Kier molecular flexibility index (Phi) is 4.47. The molecule has 0 saturated carbocycles. The predicted molar refractivity (Wildman–Crippen MR) is 93.7 cm³/mol. The van der Waals surface area contributed by atoms with Gasteiger partial charge in [-0.1, -0.05) is 39.0 Å². The van der Waals surface area contributed by atoms with Crippen LogP contribution in [-0.2, 0) is 11.8 Å². The summed E-state index contributed by atoms with van der Waals surface area (Å²) in [6.45, 7) is 7.34. The summed E-state index contributed by atoms with van der Waals surface area (Å²) in [4.78, 5) is 12.2. The summed E-state index contributed by atoms with van der Waals surface area (Å²) in [5.74, 6) is 1.51. The largest absolute Gasteiger partial charge is 0.454 e. The molecule has 2 aromatic rings. The molecule has 1 aliphatic heterocycles. The van der Waals surface area contributed by atoms with Gasteiger partial charge < -0.3 is 14.8 Å². The molecule has 0 spiro atoms. The molecule has 3 rings (SSSR count). The third-order valence-corrected chi connectivity index (χ3v) is 4.15. The average Bonchev–Trinajstić information content (AvgIpc) is 3.02. The number of hydrogen-bond acceptors (Lipinski definition) is 3. The van der Waals surface area contributed by atoms with Gasteiger partial charge in [-0.25, -0.2) is 0 Å². The van der Waals surface area contributed by atoms with E-state index in [1.54, 1.807) is 0 Å². The molecular weight excluding hydrogens is 302 g/mol. The molecule has 4 heteroatoms. The van der Waals surface area contributed by atoms with Crippen molar-refractivity contribution in [1.29, 1.82) is 0 Å². The lowest BCUT2D eigenvalue weighted by atomic mass is 9.87. The van der Waals surface area contributed by atoms with Gasteiger partial charge in [-0.2, -0.15) is 0 Å². The van der Waals surface area contributed by atoms with Gasteiger partial charge in [-0.3, -0.25) is 4.79 Å². The number of benzene rings is 2. The van der Waals surface area contributed by atoms with Gasteiger partial charge in [0.05, 0.1) is 0 Å². The maximum atomic E-state index is 12.2. The van der Waals surface area contributed by atoms with Crippen LogP contribution in [0, 0.1) is 0 Å². The van der Waals surface area contributed by atoms with Crippen LogP contribution in [0.2, 0.25) is 0 Å². The fourth-order valence-corrected chi connectivity index (χ4v) is 2.64. The molecule has 0 unspecified atom stereocenters. The van der Waals surface area contributed by atoms with Crippen molar-refractivity contribution in [2.75, 3.05) is 13.3 Å². The molecule has 2 aromatic carbocycles. The number of ether oxygens (including phenoxy) is 2. The van der Waals surface area contributed by atoms with Crippen LogP contribution in [0.25, 0.3) is 0 Å². The van der Waals surface area contributed by atoms with Gasteiger partial charge >= 0.3 is 0 Å². The number of rotatable bonds is 4. The van der Waals surface area contributed by atoms with E-state index in [2.05, 4.69) is 26.1 Å². The van der Waals surface area contributed by atoms with Crippen LogP contribution in [0.4, 0.5) is 0 Å². The molecule has 1 amide bonds. The van der Waals surface area contributed by atoms with Gasteiger partial charge in [0.15, 0.2) is 11.5 Å². The van der Waals surface area contributed by atoms with E-state index >= 15 is 0 Å². The fraction of sp³-hybridized carbons (Fsp3) is 0.350. The average molecular weight is 325 g/mol. The minimum absolute atomic E-state index is 0.0452. The van der Waals surface area contributed by atoms with Gasteiger partial charge in [0.25, 0.3) is 5.91 Å². The summed E-state index contributed by atoms with van der Waals surface area (Å²) in [7, 11) is 0. The van der Waals surface area contributed by atoms with Crippen molar-refractivity contribution in [2.45, 2.75) is 32.6 Å². The lowest BCUT2D eigenvalue weighted by Crippen LogP contribution is -2.25. The first kappa shape index (κ1) is 16.4. The zero-order valence-corrected chi connectivity index (χ0v) is 14.4. The van der Waals surface area contributed by atoms with E-state index in [4.69, 9.17) is 9.47 Å². The monoisotopic (exact) mass is 325 g/mol. The smallest absolute Gasteiger partial charge is 0.251 e. The summed E-state index contributed by atoms with van der Waals surface area (Å²) in [6.07, 6.45) is 0.752. The summed E-state index contributed by atoms with van der Waals surface area (Å²) >= 11 is 0. The van der Waals surface area contributed by atoms with Crippen molar-refractivity contribution >= 4 is 5.91 Å². The molecule has 1 N–H and O–H groups in total. The number of carbonyl (C=O) groups is 1. The van der Waals surface area contributed by atoms with Crippen molar-refractivity contribution in [3.63, 3.8) is 0 Å². The molecule has 0 aliphatic carbocycles. The van der Waals surface area contributed by atoms with E-state index in [0.29, 0.717) is 12.1 Å². The molecule has 0 bridgehead atoms. The Morgan fingerprint density at radius 2 is 1.75 bits per heavy atom. The van der Waals surface area contributed by atoms with Crippen LogP contribution in [-0.4, -0.2) is 19.2 Å². The SMILES string of the molecule is CC(C)(C)c1ccc(C(=O)NCCc2ccc3c(c2)OCO3)cc1. The van der Waals surface area contributed by atoms with Gasteiger partial charge in [0.2, 0.25) is 6.79 Å². The van der Waals surface area contributed by atoms with Crippen LogP contribution in [0.15, 0.2) is 42.5 Å². The van der Waals surface area contributed by atoms with Gasteiger partial charge in [0, 0.05) is 12.1 Å². The zero-order valence-electron chi connectivity index (χ0n) is 14.4. The topological polar surface area (TPSA) is 47.6 Å². The summed E-state index contributed by atoms with van der Waals surface area (Å²) in [5, 5.41) is 2.96. The lowest BCUT2D eigenvalue weighted by Gasteiger charge is -2.19. The second-order valence-electron chi connectivity index (χ2n) is 7.02. The van der Waals surface area contributed by atoms with E-state index in [1.165, 1.54) is 5.56 Å². The molecule has 0 radical (unpaired) electrons. The molecule has 126 valence electrons. The first-order valence-electron chi connectivity index (χ1n) is 8.21. The first-order chi connectivity index (χ1) is 11.4. The fourth-order valence-electron chi connectivity index (χ4n) is 2.64. The Morgan fingerprint density at radius 3 is 2.46 bits per heavy atom. The number of carbonyl (C=O) groups excluding carboxylic acids is 1. The van der Waals surface area contributed by atoms with Crippen LogP contribution in [0.5, 0.6) is 11.5 Å². The summed E-state index contributed by atoms with van der Waals surface area (Å²) in [6, 6.07) is 13.7. The minimum Gasteiger partial charge on any atom is -0.454 e. The number of nitrogens with one attached hydrogen (secondary N) is 1. The maximum Gasteiger partial charge on any atom is 0.251 e. The number of hydrogen-bond donors (Lipinski definition) is 1. The normalized spacial score (nSPS) is 13.0. The van der Waals surface area contributed by atoms with Crippen molar-refractivity contribution in [2.24, 2.45) is 0 Å². The van der Waals surface area contributed by atoms with Gasteiger partial charge in [0.1, 0.15) is 0 Å². The standard InChI is InChI=1S/C20H23NO3/c1-20(2,3)16-7-5-15(6-8-16)19(22)21-11-10-14-4-9-17-18(12-14)24-13-23-17/h4-9,12H,10-11,13H2,1-3H3,(H,21,22). The van der Waals surface area contributed by atoms with Crippen LogP contribution < -0.4 is 14.8 Å². The Hall–Kier alpha value is -2.49. The second kappa shape index (κ2) is 6.56. The molecular formula is C20H23NO3. The van der Waals surface area contributed by atoms with E-state index in [1.807, 2.05) is 42.5 Å². The quantitative estimate of drug-likeness (QED) is 0.933. The Bertz CT molecular complexity index is 730. The van der Waals surface area contributed by atoms with E-state index in [0.717, 1.165) is 23.5 Å². The predicted octanol–water partition coefficient (Wildman–Crippen LogP) is 3.69. The third-order valence-electron chi connectivity index (χ3n) is 4.15. The summed E-state index contributed by atoms with van der Waals surface area (Å²) < 4.78 is 10.7. The van der Waals surface area contributed by atoms with Gasteiger partial charge in [-0.15, -0.1) is 0 Å². The highest BCUT2D eigenvalue weighted by molar-refractivity contribution is 5.94. The van der Waals surface area contributed by atoms with E-state index in [9.17, 15) is 4.79 Å². The van der Waals surface area contributed by atoms with Crippen LogP contribution in [0.1, 0.15) is 42.3 Å². The molecule has 0 aromatic heterocycles. The van der Waals surface area contributed by atoms with Crippen molar-refractivity contribution in [3.05, 3.63) is 59.2 Å². The molecule has 1 aliphatic rings.